The Morgan fingerprint density at radius 2 is 1.84 bits per heavy atom. The average molecular weight is 474 g/mol. The second-order valence-corrected chi connectivity index (χ2v) is 9.66. The van der Waals surface area contributed by atoms with Crippen molar-refractivity contribution in [3.63, 3.8) is 0 Å². The highest BCUT2D eigenvalue weighted by atomic mass is 32.1. The van der Waals surface area contributed by atoms with Crippen LogP contribution in [0.3, 0.4) is 0 Å². The van der Waals surface area contributed by atoms with Gasteiger partial charge in [0.2, 0.25) is 0 Å². The Kier molecular flexibility index (Phi) is 6.87. The number of carbonyl (C=O) groups excluding carboxylic acids is 2. The molecule has 0 aliphatic carbocycles. The monoisotopic (exact) mass is 473 g/mol. The fourth-order valence-corrected chi connectivity index (χ4v) is 4.54. The number of thiazole rings is 1. The number of carbonyl (C=O) groups is 2. The average Bonchev–Trinajstić information content (AvgIpc) is 3.02. The molecule has 2 amide bonds. The molecule has 1 aromatic heterocycles. The highest BCUT2D eigenvalue weighted by Crippen LogP contribution is 2.27. The van der Waals surface area contributed by atoms with Gasteiger partial charge in [0, 0.05) is 19.6 Å². The van der Waals surface area contributed by atoms with E-state index in [1.54, 1.807) is 48.4 Å². The predicted molar refractivity (Wildman–Crippen MR) is 114 cm³/mol. The normalized spacial score (nSPS) is 16.5. The molecule has 1 fully saturated rings. The van der Waals surface area contributed by atoms with Crippen molar-refractivity contribution in [1.82, 2.24) is 9.47 Å². The van der Waals surface area contributed by atoms with E-state index in [0.29, 0.717) is 48.4 Å². The number of piperidine rings is 1. The molecule has 0 radical (unpaired) electrons. The van der Waals surface area contributed by atoms with Crippen LogP contribution < -0.4 is 9.54 Å². The molecule has 2 aromatic rings. The van der Waals surface area contributed by atoms with Crippen LogP contribution in [0.1, 0.15) is 33.6 Å². The smallest absolute Gasteiger partial charge is 0.473 e. The first-order valence-corrected chi connectivity index (χ1v) is 11.0. The third-order valence-corrected chi connectivity index (χ3v) is 6.08. The molecular formula is C21H26F3N3O4S. The summed E-state index contributed by atoms with van der Waals surface area (Å²) in [5.41, 5.74) is 0.0982. The number of methoxy groups -OCH3 is 1. The Bertz CT molecular complexity index is 1060. The number of ether oxygens (including phenoxy) is 2. The SMILES string of the molecule is COc1ccc2c(c1)sc(=NC(=O)C(F)(F)F)n2CC1CCN(C(=O)OC(C)(C)C)CC1. The van der Waals surface area contributed by atoms with E-state index in [1.165, 1.54) is 7.11 Å². The Balaban J connectivity index is 1.84. The Morgan fingerprint density at radius 1 is 1.19 bits per heavy atom. The molecule has 11 heteroatoms. The van der Waals surface area contributed by atoms with Crippen molar-refractivity contribution in [2.24, 2.45) is 10.9 Å². The molecule has 0 atom stereocenters. The van der Waals surface area contributed by atoms with Gasteiger partial charge in [0.1, 0.15) is 11.4 Å². The number of likely N-dealkylation sites (tertiary alicyclic amines) is 1. The van der Waals surface area contributed by atoms with Gasteiger partial charge in [-0.05, 0) is 57.7 Å². The maximum absolute atomic E-state index is 12.8. The number of rotatable bonds is 3. The van der Waals surface area contributed by atoms with E-state index in [9.17, 15) is 22.8 Å². The summed E-state index contributed by atoms with van der Waals surface area (Å²) < 4.78 is 51.4. The first kappa shape index (κ1) is 24.1. The molecule has 176 valence electrons. The van der Waals surface area contributed by atoms with E-state index in [4.69, 9.17) is 9.47 Å². The topological polar surface area (TPSA) is 73.1 Å². The van der Waals surface area contributed by atoms with Gasteiger partial charge in [-0.2, -0.15) is 18.2 Å². The fraction of sp³-hybridized carbons (Fsp3) is 0.571. The van der Waals surface area contributed by atoms with Gasteiger partial charge < -0.3 is 18.9 Å². The number of hydrogen-bond donors (Lipinski definition) is 0. The Hall–Kier alpha value is -2.56. The molecule has 0 spiro atoms. The van der Waals surface area contributed by atoms with Crippen LogP contribution in [-0.2, 0) is 16.1 Å². The van der Waals surface area contributed by atoms with Crippen molar-refractivity contribution in [3.8, 4) is 5.75 Å². The molecule has 0 bridgehead atoms. The second-order valence-electron chi connectivity index (χ2n) is 8.65. The summed E-state index contributed by atoms with van der Waals surface area (Å²) in [7, 11) is 1.50. The quantitative estimate of drug-likeness (QED) is 0.665. The molecule has 32 heavy (non-hydrogen) atoms. The van der Waals surface area contributed by atoms with Gasteiger partial charge in [0.25, 0.3) is 0 Å². The third kappa shape index (κ3) is 5.81. The summed E-state index contributed by atoms with van der Waals surface area (Å²) in [6.45, 7) is 6.78. The number of halogens is 3. The number of aromatic nitrogens is 1. The number of benzene rings is 1. The minimum atomic E-state index is -5.04. The number of nitrogens with zero attached hydrogens (tertiary/aromatic N) is 3. The van der Waals surface area contributed by atoms with E-state index in [0.717, 1.165) is 11.3 Å². The molecule has 0 N–H and O–H groups in total. The van der Waals surface area contributed by atoms with Gasteiger partial charge in [-0.1, -0.05) is 11.3 Å². The molecule has 1 aliphatic heterocycles. The summed E-state index contributed by atoms with van der Waals surface area (Å²) >= 11 is 1.01. The molecule has 0 saturated carbocycles. The van der Waals surface area contributed by atoms with Gasteiger partial charge >= 0.3 is 18.2 Å². The first-order chi connectivity index (χ1) is 14.9. The minimum absolute atomic E-state index is 0.00912. The second kappa shape index (κ2) is 9.13. The zero-order valence-electron chi connectivity index (χ0n) is 18.4. The maximum atomic E-state index is 12.8. The van der Waals surface area contributed by atoms with Crippen molar-refractivity contribution >= 4 is 33.6 Å². The fourth-order valence-electron chi connectivity index (χ4n) is 3.48. The van der Waals surface area contributed by atoms with E-state index in [1.807, 2.05) is 0 Å². The molecule has 1 saturated heterocycles. The van der Waals surface area contributed by atoms with Gasteiger partial charge in [0.15, 0.2) is 4.80 Å². The highest BCUT2D eigenvalue weighted by Gasteiger charge is 2.39. The van der Waals surface area contributed by atoms with Gasteiger partial charge in [0.05, 0.1) is 17.3 Å². The summed E-state index contributed by atoms with van der Waals surface area (Å²) in [5.74, 6) is -1.47. The van der Waals surface area contributed by atoms with Crippen molar-refractivity contribution in [2.75, 3.05) is 20.2 Å². The van der Waals surface area contributed by atoms with Crippen LogP contribution >= 0.6 is 11.3 Å². The largest absolute Gasteiger partial charge is 0.497 e. The predicted octanol–water partition coefficient (Wildman–Crippen LogP) is 4.35. The Morgan fingerprint density at radius 3 is 2.41 bits per heavy atom. The number of fused-ring (bicyclic) bond motifs is 1. The van der Waals surface area contributed by atoms with Crippen molar-refractivity contribution < 1.29 is 32.2 Å². The third-order valence-electron chi connectivity index (χ3n) is 5.04. The van der Waals surface area contributed by atoms with Crippen LogP contribution in [0, 0.1) is 5.92 Å². The van der Waals surface area contributed by atoms with Crippen LogP contribution in [-0.4, -0.2) is 53.4 Å². The van der Waals surface area contributed by atoms with E-state index >= 15 is 0 Å². The molecule has 3 rings (SSSR count). The maximum Gasteiger partial charge on any atom is 0.473 e. The van der Waals surface area contributed by atoms with Gasteiger partial charge in [-0.3, -0.25) is 4.79 Å². The number of hydrogen-bond acceptors (Lipinski definition) is 5. The van der Waals surface area contributed by atoms with E-state index in [-0.39, 0.29) is 16.8 Å². The number of amides is 2. The minimum Gasteiger partial charge on any atom is -0.497 e. The molecule has 1 aromatic carbocycles. The summed E-state index contributed by atoms with van der Waals surface area (Å²) in [5, 5.41) is 0. The van der Waals surface area contributed by atoms with Crippen LogP contribution in [0.4, 0.5) is 18.0 Å². The lowest BCUT2D eigenvalue weighted by atomic mass is 9.97. The standard InChI is InChI=1S/C21H26F3N3O4S/c1-20(2,3)31-19(29)26-9-7-13(8-10-26)12-27-15-6-5-14(30-4)11-16(15)32-18(27)25-17(28)21(22,23)24/h5-6,11,13H,7-10,12H2,1-4H3. The summed E-state index contributed by atoms with van der Waals surface area (Å²) in [6, 6.07) is 5.17. The zero-order chi connectivity index (χ0) is 23.7. The Labute approximate surface area is 187 Å². The van der Waals surface area contributed by atoms with Crippen LogP contribution in [0.15, 0.2) is 23.2 Å². The lowest BCUT2D eigenvalue weighted by molar-refractivity contribution is -0.169. The van der Waals surface area contributed by atoms with Crippen molar-refractivity contribution in [2.45, 2.75) is 51.9 Å². The van der Waals surface area contributed by atoms with Crippen molar-refractivity contribution in [3.05, 3.63) is 23.0 Å². The van der Waals surface area contributed by atoms with Crippen LogP contribution in [0.25, 0.3) is 10.2 Å². The van der Waals surface area contributed by atoms with Crippen molar-refractivity contribution in [1.29, 1.82) is 0 Å². The zero-order valence-corrected chi connectivity index (χ0v) is 19.2. The lowest BCUT2D eigenvalue weighted by Gasteiger charge is -2.33. The molecule has 7 nitrogen and oxygen atoms in total. The van der Waals surface area contributed by atoms with E-state index in [2.05, 4.69) is 4.99 Å². The van der Waals surface area contributed by atoms with Gasteiger partial charge in [-0.25, -0.2) is 4.79 Å². The molecule has 0 unspecified atom stereocenters. The molecule has 1 aliphatic rings. The van der Waals surface area contributed by atoms with Crippen LogP contribution in [0.2, 0.25) is 0 Å². The summed E-state index contributed by atoms with van der Waals surface area (Å²) in [6.07, 6.45) is -4.09. The molecular weight excluding hydrogens is 447 g/mol. The van der Waals surface area contributed by atoms with Gasteiger partial charge in [-0.15, -0.1) is 0 Å². The van der Waals surface area contributed by atoms with E-state index < -0.39 is 17.7 Å². The first-order valence-electron chi connectivity index (χ1n) is 10.2. The van der Waals surface area contributed by atoms with Crippen LogP contribution in [0.5, 0.6) is 5.75 Å². The number of alkyl halides is 3. The summed E-state index contributed by atoms with van der Waals surface area (Å²) in [4.78, 5) is 28.8. The highest BCUT2D eigenvalue weighted by molar-refractivity contribution is 7.16. The lowest BCUT2D eigenvalue weighted by Crippen LogP contribution is -2.42. The molecule has 2 heterocycles.